The van der Waals surface area contributed by atoms with Crippen molar-refractivity contribution in [2.75, 3.05) is 40.0 Å². The van der Waals surface area contributed by atoms with Gasteiger partial charge < -0.3 is 23.3 Å². The third kappa shape index (κ3) is 4.87. The van der Waals surface area contributed by atoms with Crippen LogP contribution in [0.3, 0.4) is 0 Å². The Labute approximate surface area is 203 Å². The first-order chi connectivity index (χ1) is 17.0. The van der Waals surface area contributed by atoms with E-state index in [-0.39, 0.29) is 12.4 Å². The van der Waals surface area contributed by atoms with Crippen LogP contribution in [-0.2, 0) is 17.9 Å². The lowest BCUT2D eigenvalue weighted by molar-refractivity contribution is 0.0363. The van der Waals surface area contributed by atoms with Crippen LogP contribution < -0.4 is 9.47 Å². The summed E-state index contributed by atoms with van der Waals surface area (Å²) in [7, 11) is 1.44. The quantitative estimate of drug-likeness (QED) is 0.371. The highest BCUT2D eigenvalue weighted by molar-refractivity contribution is 5.83. The average molecular weight is 481 g/mol. The predicted octanol–water partition coefficient (Wildman–Crippen LogP) is 4.37. The maximum atomic E-state index is 14.1. The molecule has 0 saturated carbocycles. The highest BCUT2D eigenvalue weighted by Gasteiger charge is 2.18. The zero-order chi connectivity index (χ0) is 24.4. The molecule has 9 heteroatoms. The smallest absolute Gasteiger partial charge is 0.168 e. The molecule has 1 aliphatic heterocycles. The standard InChI is InChI=1S/C26H29FN4O4/c1-17-26(18(2)35-29-17)19-4-6-23-22(14-19)28-25(31(23)9-8-30-10-12-33-13-11-30)16-34-20-5-7-24(32-3)21(27)15-20/h4-7,14-15H,8-13,16H2,1-3H3. The number of aromatic nitrogens is 3. The van der Waals surface area contributed by atoms with Gasteiger partial charge in [-0.15, -0.1) is 0 Å². The monoisotopic (exact) mass is 480 g/mol. The van der Waals surface area contributed by atoms with E-state index in [0.717, 1.165) is 78.8 Å². The molecular formula is C26H29FN4O4. The first-order valence-electron chi connectivity index (χ1n) is 11.7. The summed E-state index contributed by atoms with van der Waals surface area (Å²) in [6.45, 7) is 9.04. The van der Waals surface area contributed by atoms with Gasteiger partial charge in [-0.2, -0.15) is 0 Å². The Morgan fingerprint density at radius 2 is 1.89 bits per heavy atom. The minimum absolute atomic E-state index is 0.182. The second kappa shape index (κ2) is 10.1. The first-order valence-corrected chi connectivity index (χ1v) is 11.7. The average Bonchev–Trinajstić information content (AvgIpc) is 3.39. The molecule has 2 aromatic carbocycles. The van der Waals surface area contributed by atoms with E-state index >= 15 is 0 Å². The van der Waals surface area contributed by atoms with Crippen molar-refractivity contribution in [1.82, 2.24) is 19.6 Å². The zero-order valence-corrected chi connectivity index (χ0v) is 20.2. The number of hydrogen-bond donors (Lipinski definition) is 0. The van der Waals surface area contributed by atoms with Crippen LogP contribution in [-0.4, -0.2) is 59.6 Å². The Morgan fingerprint density at radius 1 is 1.06 bits per heavy atom. The summed E-state index contributed by atoms with van der Waals surface area (Å²) >= 11 is 0. The summed E-state index contributed by atoms with van der Waals surface area (Å²) in [4.78, 5) is 7.29. The van der Waals surface area contributed by atoms with Crippen LogP contribution in [0.4, 0.5) is 4.39 Å². The zero-order valence-electron chi connectivity index (χ0n) is 20.2. The second-order valence-electron chi connectivity index (χ2n) is 8.62. The molecule has 1 aliphatic rings. The minimum atomic E-state index is -0.463. The number of ether oxygens (including phenoxy) is 3. The Hall–Kier alpha value is -3.43. The molecule has 3 heterocycles. The van der Waals surface area contributed by atoms with E-state index in [4.69, 9.17) is 23.7 Å². The van der Waals surface area contributed by atoms with Crippen molar-refractivity contribution in [1.29, 1.82) is 0 Å². The maximum absolute atomic E-state index is 14.1. The number of aryl methyl sites for hydroxylation is 2. The Balaban J connectivity index is 1.45. The fourth-order valence-electron chi connectivity index (χ4n) is 4.54. The van der Waals surface area contributed by atoms with Gasteiger partial charge >= 0.3 is 0 Å². The number of halogens is 1. The van der Waals surface area contributed by atoms with Gasteiger partial charge in [0.2, 0.25) is 0 Å². The van der Waals surface area contributed by atoms with Crippen molar-refractivity contribution in [3.63, 3.8) is 0 Å². The normalized spacial score (nSPS) is 14.5. The number of morpholine rings is 1. The molecule has 0 N–H and O–H groups in total. The van der Waals surface area contributed by atoms with E-state index < -0.39 is 5.82 Å². The van der Waals surface area contributed by atoms with Gasteiger partial charge in [-0.25, -0.2) is 9.37 Å². The van der Waals surface area contributed by atoms with E-state index in [1.54, 1.807) is 12.1 Å². The fourth-order valence-corrected chi connectivity index (χ4v) is 4.54. The number of methoxy groups -OCH3 is 1. The Bertz CT molecular complexity index is 1310. The lowest BCUT2D eigenvalue weighted by Crippen LogP contribution is -2.38. The van der Waals surface area contributed by atoms with Gasteiger partial charge in [-0.05, 0) is 43.7 Å². The molecule has 8 nitrogen and oxygen atoms in total. The Morgan fingerprint density at radius 3 is 2.60 bits per heavy atom. The number of fused-ring (bicyclic) bond motifs is 1. The summed E-state index contributed by atoms with van der Waals surface area (Å²) in [5.41, 5.74) is 4.73. The van der Waals surface area contributed by atoms with Crippen molar-refractivity contribution in [3.8, 4) is 22.6 Å². The minimum Gasteiger partial charge on any atom is -0.494 e. The molecule has 4 aromatic rings. The highest BCUT2D eigenvalue weighted by Crippen LogP contribution is 2.30. The molecule has 1 saturated heterocycles. The van der Waals surface area contributed by atoms with Gasteiger partial charge in [0.15, 0.2) is 11.6 Å². The van der Waals surface area contributed by atoms with Crippen molar-refractivity contribution >= 4 is 11.0 Å². The Kier molecular flexibility index (Phi) is 6.70. The molecule has 1 fully saturated rings. The molecule has 184 valence electrons. The molecule has 0 unspecified atom stereocenters. The summed E-state index contributed by atoms with van der Waals surface area (Å²) in [6, 6.07) is 10.8. The molecular weight excluding hydrogens is 451 g/mol. The van der Waals surface area contributed by atoms with Gasteiger partial charge in [0, 0.05) is 37.8 Å². The number of nitrogens with zero attached hydrogens (tertiary/aromatic N) is 4. The summed E-state index contributed by atoms with van der Waals surface area (Å²) < 4.78 is 38.1. The van der Waals surface area contributed by atoms with E-state index in [0.29, 0.717) is 5.75 Å². The number of rotatable bonds is 8. The number of benzene rings is 2. The van der Waals surface area contributed by atoms with Crippen LogP contribution in [0.5, 0.6) is 11.5 Å². The van der Waals surface area contributed by atoms with E-state index in [1.165, 1.54) is 13.2 Å². The van der Waals surface area contributed by atoms with Crippen LogP contribution in [0.1, 0.15) is 17.3 Å². The van der Waals surface area contributed by atoms with Crippen LogP contribution >= 0.6 is 0 Å². The van der Waals surface area contributed by atoms with Gasteiger partial charge in [0.1, 0.15) is 23.9 Å². The summed E-state index contributed by atoms with van der Waals surface area (Å²) in [5, 5.41) is 4.08. The molecule has 0 bridgehead atoms. The second-order valence-corrected chi connectivity index (χ2v) is 8.62. The largest absolute Gasteiger partial charge is 0.494 e. The van der Waals surface area contributed by atoms with Crippen LogP contribution in [0.2, 0.25) is 0 Å². The van der Waals surface area contributed by atoms with Crippen molar-refractivity contribution in [2.45, 2.75) is 27.0 Å². The third-order valence-corrected chi connectivity index (χ3v) is 6.38. The van der Waals surface area contributed by atoms with Crippen molar-refractivity contribution in [3.05, 3.63) is 59.5 Å². The lowest BCUT2D eigenvalue weighted by atomic mass is 10.0. The molecule has 0 spiro atoms. The van der Waals surface area contributed by atoms with Gasteiger partial charge in [-0.1, -0.05) is 11.2 Å². The van der Waals surface area contributed by atoms with Crippen LogP contribution in [0.15, 0.2) is 40.9 Å². The molecule has 0 radical (unpaired) electrons. The number of imidazole rings is 1. The van der Waals surface area contributed by atoms with Crippen molar-refractivity contribution < 1.29 is 23.1 Å². The first kappa shape index (κ1) is 23.3. The molecule has 0 aliphatic carbocycles. The van der Waals surface area contributed by atoms with Crippen molar-refractivity contribution in [2.24, 2.45) is 0 Å². The SMILES string of the molecule is COc1ccc(OCc2nc3cc(-c4c(C)noc4C)ccc3n2CCN2CCOCC2)cc1F. The summed E-state index contributed by atoms with van der Waals surface area (Å²) in [6.07, 6.45) is 0. The lowest BCUT2D eigenvalue weighted by Gasteiger charge is -2.27. The third-order valence-electron chi connectivity index (χ3n) is 6.38. The molecule has 5 rings (SSSR count). The van der Waals surface area contributed by atoms with Gasteiger partial charge in [0.25, 0.3) is 0 Å². The van der Waals surface area contributed by atoms with Gasteiger partial charge in [0.05, 0.1) is 37.1 Å². The van der Waals surface area contributed by atoms with Gasteiger partial charge in [-0.3, -0.25) is 4.90 Å². The molecule has 0 atom stereocenters. The maximum Gasteiger partial charge on any atom is 0.168 e. The van der Waals surface area contributed by atoms with E-state index in [1.807, 2.05) is 13.8 Å². The van der Waals surface area contributed by atoms with E-state index in [2.05, 4.69) is 32.8 Å². The van der Waals surface area contributed by atoms with Crippen LogP contribution in [0, 0.1) is 19.7 Å². The highest BCUT2D eigenvalue weighted by atomic mass is 19.1. The predicted molar refractivity (Wildman–Crippen MR) is 129 cm³/mol. The molecule has 0 amide bonds. The topological polar surface area (TPSA) is 74.8 Å². The molecule has 2 aromatic heterocycles. The summed E-state index contributed by atoms with van der Waals surface area (Å²) in [5.74, 6) is 1.70. The molecule has 35 heavy (non-hydrogen) atoms. The fraction of sp³-hybridized carbons (Fsp3) is 0.385. The van der Waals surface area contributed by atoms with Crippen LogP contribution in [0.25, 0.3) is 22.2 Å². The number of hydrogen-bond acceptors (Lipinski definition) is 7. The van der Waals surface area contributed by atoms with E-state index in [9.17, 15) is 4.39 Å².